The third kappa shape index (κ3) is 5.72. The summed E-state index contributed by atoms with van der Waals surface area (Å²) in [6.07, 6.45) is 8.83. The van der Waals surface area contributed by atoms with E-state index in [9.17, 15) is 8.78 Å². The van der Waals surface area contributed by atoms with Crippen molar-refractivity contribution in [3.63, 3.8) is 0 Å². The molecule has 0 saturated heterocycles. The summed E-state index contributed by atoms with van der Waals surface area (Å²) in [5.41, 5.74) is 9.66. The first-order valence-corrected chi connectivity index (χ1v) is 14.7. The van der Waals surface area contributed by atoms with Gasteiger partial charge in [-0.3, -0.25) is 9.97 Å². The van der Waals surface area contributed by atoms with Gasteiger partial charge in [0.15, 0.2) is 0 Å². The summed E-state index contributed by atoms with van der Waals surface area (Å²) >= 11 is 0. The van der Waals surface area contributed by atoms with E-state index in [1.54, 1.807) is 25.6 Å². The van der Waals surface area contributed by atoms with Gasteiger partial charge in [-0.15, -0.1) is 0 Å². The van der Waals surface area contributed by atoms with Crippen LogP contribution in [-0.4, -0.2) is 27.0 Å². The second-order valence-electron chi connectivity index (χ2n) is 11.2. The number of fused-ring (bicyclic) bond motifs is 6. The Morgan fingerprint density at radius 3 is 1.58 bits per heavy atom. The molecule has 2 N–H and O–H groups in total. The maximum absolute atomic E-state index is 13.4. The van der Waals surface area contributed by atoms with Crippen LogP contribution in [0.2, 0.25) is 0 Å². The maximum Gasteiger partial charge on any atom is 0.140 e. The second kappa shape index (κ2) is 11.8. The number of aryl methyl sites for hydroxylation is 1. The summed E-state index contributed by atoms with van der Waals surface area (Å²) in [6.45, 7) is 2.08. The molecule has 0 radical (unpaired) electrons. The highest BCUT2D eigenvalue weighted by atomic mass is 19.1. The normalized spacial score (nSPS) is 11.3. The number of hydrogen-bond acceptors (Lipinski definition) is 3. The fourth-order valence-electron chi connectivity index (χ4n) is 5.96. The number of nitrogens with zero attached hydrogens (tertiary/aromatic N) is 2. The van der Waals surface area contributed by atoms with Crippen LogP contribution in [0.15, 0.2) is 110 Å². The molecule has 8 rings (SSSR count). The van der Waals surface area contributed by atoms with Crippen molar-refractivity contribution in [3.05, 3.63) is 149 Å². The topological polar surface area (TPSA) is 66.6 Å². The Balaban J connectivity index is 0.000000145. The van der Waals surface area contributed by atoms with E-state index in [1.807, 2.05) is 30.6 Å². The van der Waals surface area contributed by atoms with Gasteiger partial charge in [-0.1, -0.05) is 24.3 Å². The van der Waals surface area contributed by atoms with Gasteiger partial charge in [0, 0.05) is 74.2 Å². The lowest BCUT2D eigenvalue weighted by atomic mass is 10.0. The third-order valence-electron chi connectivity index (χ3n) is 8.27. The molecule has 0 bridgehead atoms. The molecule has 7 heteroatoms. The Bertz CT molecular complexity index is 2320. The number of rotatable bonds is 5. The van der Waals surface area contributed by atoms with E-state index >= 15 is 0 Å². The average molecular weight is 597 g/mol. The summed E-state index contributed by atoms with van der Waals surface area (Å²) in [5.74, 6) is 0.337. The molecule has 0 unspecified atom stereocenters. The molecule has 0 aliphatic carbocycles. The number of ether oxygens (including phenoxy) is 1. The highest BCUT2D eigenvalue weighted by molar-refractivity contribution is 6.08. The Labute approximate surface area is 258 Å². The summed E-state index contributed by atoms with van der Waals surface area (Å²) in [7, 11) is 1.65. The van der Waals surface area contributed by atoms with Crippen molar-refractivity contribution in [1.82, 2.24) is 19.9 Å². The number of halogens is 2. The van der Waals surface area contributed by atoms with E-state index in [0.29, 0.717) is 0 Å². The van der Waals surface area contributed by atoms with Crippen LogP contribution in [0.1, 0.15) is 27.8 Å². The molecule has 0 aliphatic rings. The Hall–Kier alpha value is -5.56. The van der Waals surface area contributed by atoms with Crippen LogP contribution in [-0.2, 0) is 12.8 Å². The summed E-state index contributed by atoms with van der Waals surface area (Å²) in [6, 6.07) is 26.4. The number of benzene rings is 4. The van der Waals surface area contributed by atoms with Gasteiger partial charge < -0.3 is 14.7 Å². The maximum atomic E-state index is 13.4. The van der Waals surface area contributed by atoms with Crippen molar-refractivity contribution in [2.24, 2.45) is 0 Å². The number of aromatic nitrogens is 4. The number of nitrogens with one attached hydrogen (secondary N) is 2. The van der Waals surface area contributed by atoms with Crippen molar-refractivity contribution in [1.29, 1.82) is 0 Å². The van der Waals surface area contributed by atoms with E-state index < -0.39 is 0 Å². The first kappa shape index (κ1) is 28.2. The van der Waals surface area contributed by atoms with Gasteiger partial charge in [-0.25, -0.2) is 8.78 Å². The van der Waals surface area contributed by atoms with E-state index in [1.165, 1.54) is 34.9 Å². The number of methoxy groups -OCH3 is 1. The fraction of sp³-hybridized carbons (Fsp3) is 0.105. The summed E-state index contributed by atoms with van der Waals surface area (Å²) in [4.78, 5) is 14.8. The SMILES string of the molecule is COc1cnccc1Cc1ccc2c(c1)[nH]c1cc(F)ccc12.Cc1cnccc1Cc1ccc2c(c1)[nH]c1cc(F)ccc12. The highest BCUT2D eigenvalue weighted by Crippen LogP contribution is 2.29. The molecule has 0 fully saturated rings. The minimum atomic E-state index is -0.231. The molecule has 4 heterocycles. The third-order valence-corrected chi connectivity index (χ3v) is 8.27. The Morgan fingerprint density at radius 1 is 0.578 bits per heavy atom. The number of aromatic amines is 2. The van der Waals surface area contributed by atoms with Gasteiger partial charge in [0.2, 0.25) is 0 Å². The summed E-state index contributed by atoms with van der Waals surface area (Å²) < 4.78 is 32.1. The van der Waals surface area contributed by atoms with Crippen LogP contribution < -0.4 is 4.74 Å². The van der Waals surface area contributed by atoms with E-state index in [0.717, 1.165) is 73.3 Å². The van der Waals surface area contributed by atoms with Gasteiger partial charge in [0.1, 0.15) is 17.4 Å². The van der Waals surface area contributed by atoms with Crippen LogP contribution in [0, 0.1) is 18.6 Å². The summed E-state index contributed by atoms with van der Waals surface area (Å²) in [5, 5.41) is 4.33. The van der Waals surface area contributed by atoms with E-state index in [4.69, 9.17) is 4.74 Å². The number of H-pyrrole nitrogens is 2. The standard InChI is InChI=1S/C19H15FN2O.C19H15FN2/c1-23-19-11-21-7-6-13(19)8-12-2-4-15-16-5-3-14(20)10-18(16)22-17(15)9-12;1-12-11-21-7-6-14(12)8-13-2-4-16-17-5-3-15(20)10-19(17)22-18(16)9-13/h2-7,9-11,22H,8H2,1H3;2-7,9-11,22H,8H2,1H3. The van der Waals surface area contributed by atoms with Crippen molar-refractivity contribution in [3.8, 4) is 5.75 Å². The molecular formula is C38H30F2N4O. The van der Waals surface area contributed by atoms with Crippen molar-refractivity contribution in [2.75, 3.05) is 7.11 Å². The van der Waals surface area contributed by atoms with Gasteiger partial charge in [-0.2, -0.15) is 0 Å². The van der Waals surface area contributed by atoms with Crippen molar-refractivity contribution < 1.29 is 13.5 Å². The zero-order chi connectivity index (χ0) is 30.9. The zero-order valence-corrected chi connectivity index (χ0v) is 24.9. The molecule has 4 aromatic carbocycles. The molecule has 5 nitrogen and oxygen atoms in total. The molecular weight excluding hydrogens is 566 g/mol. The van der Waals surface area contributed by atoms with Crippen LogP contribution in [0.3, 0.4) is 0 Å². The monoisotopic (exact) mass is 596 g/mol. The predicted octanol–water partition coefficient (Wildman–Crippen LogP) is 9.21. The molecule has 0 spiro atoms. The minimum absolute atomic E-state index is 0.216. The molecule has 0 aliphatic heterocycles. The lowest BCUT2D eigenvalue weighted by Crippen LogP contribution is -1.94. The smallest absolute Gasteiger partial charge is 0.140 e. The number of pyridine rings is 2. The van der Waals surface area contributed by atoms with Crippen molar-refractivity contribution in [2.45, 2.75) is 19.8 Å². The van der Waals surface area contributed by atoms with Gasteiger partial charge in [-0.05, 0) is 96.3 Å². The van der Waals surface area contributed by atoms with E-state index in [-0.39, 0.29) is 11.6 Å². The number of hydrogen-bond donors (Lipinski definition) is 2. The quantitative estimate of drug-likeness (QED) is 0.208. The first-order chi connectivity index (χ1) is 21.9. The van der Waals surface area contributed by atoms with Crippen LogP contribution >= 0.6 is 0 Å². The molecule has 45 heavy (non-hydrogen) atoms. The molecule has 0 saturated carbocycles. The molecule has 222 valence electrons. The van der Waals surface area contributed by atoms with Crippen LogP contribution in [0.5, 0.6) is 5.75 Å². The first-order valence-electron chi connectivity index (χ1n) is 14.7. The Kier molecular flexibility index (Phi) is 7.43. The van der Waals surface area contributed by atoms with Gasteiger partial charge in [0.05, 0.1) is 13.3 Å². The second-order valence-corrected chi connectivity index (χ2v) is 11.2. The lowest BCUT2D eigenvalue weighted by molar-refractivity contribution is 0.408. The Morgan fingerprint density at radius 2 is 1.04 bits per heavy atom. The predicted molar refractivity (Wildman–Crippen MR) is 177 cm³/mol. The molecule has 8 aromatic rings. The van der Waals surface area contributed by atoms with E-state index in [2.05, 4.69) is 69.3 Å². The fourth-order valence-corrected chi connectivity index (χ4v) is 5.96. The van der Waals surface area contributed by atoms with Gasteiger partial charge >= 0.3 is 0 Å². The zero-order valence-electron chi connectivity index (χ0n) is 24.9. The molecule has 4 aromatic heterocycles. The highest BCUT2D eigenvalue weighted by Gasteiger charge is 2.09. The largest absolute Gasteiger partial charge is 0.495 e. The van der Waals surface area contributed by atoms with Crippen LogP contribution in [0.25, 0.3) is 43.6 Å². The van der Waals surface area contributed by atoms with Gasteiger partial charge in [0.25, 0.3) is 0 Å². The van der Waals surface area contributed by atoms with Crippen molar-refractivity contribution >= 4 is 43.6 Å². The van der Waals surface area contributed by atoms with Crippen LogP contribution in [0.4, 0.5) is 8.78 Å². The minimum Gasteiger partial charge on any atom is -0.495 e. The lowest BCUT2D eigenvalue weighted by Gasteiger charge is -2.07. The average Bonchev–Trinajstić information content (AvgIpc) is 3.58. The molecule has 0 amide bonds. The molecule has 0 atom stereocenters.